The Morgan fingerprint density at radius 3 is 2.17 bits per heavy atom. The van der Waals surface area contributed by atoms with Gasteiger partial charge in [-0.1, -0.05) is 97.9 Å². The summed E-state index contributed by atoms with van der Waals surface area (Å²) in [6, 6.07) is 29.9. The number of esters is 1. The molecule has 5 nitrogen and oxygen atoms in total. The number of carbonyl (C=O) groups excluding carboxylic acids is 2. The summed E-state index contributed by atoms with van der Waals surface area (Å²) in [5.41, 5.74) is 3.14. The van der Waals surface area contributed by atoms with Crippen molar-refractivity contribution in [2.75, 3.05) is 19.6 Å². The lowest BCUT2D eigenvalue weighted by Gasteiger charge is -2.38. The van der Waals surface area contributed by atoms with Crippen LogP contribution in [0.4, 0.5) is 0 Å². The van der Waals surface area contributed by atoms with Crippen LogP contribution in [-0.4, -0.2) is 42.5 Å². The number of hydrogen-bond donors (Lipinski definition) is 1. The first-order valence-corrected chi connectivity index (χ1v) is 12.9. The van der Waals surface area contributed by atoms with Crippen molar-refractivity contribution >= 4 is 11.9 Å². The number of nitrogens with one attached hydrogen (secondary N) is 1. The van der Waals surface area contributed by atoms with Gasteiger partial charge in [-0.2, -0.15) is 0 Å². The average molecular weight is 485 g/mol. The van der Waals surface area contributed by atoms with E-state index in [1.165, 1.54) is 5.56 Å². The van der Waals surface area contributed by atoms with Crippen molar-refractivity contribution < 1.29 is 14.3 Å². The Labute approximate surface area is 214 Å². The number of ether oxygens (including phenoxy) is 1. The van der Waals surface area contributed by atoms with E-state index in [1.807, 2.05) is 78.9 Å². The molecule has 0 radical (unpaired) electrons. The standard InChI is InChI=1S/C31H36N2O3/c1-24-21-33(20-19-29(24)32-30(34)18-17-25-11-5-2-6-12-25)22-28(27-15-9-4-10-16-27)31(35)36-23-26-13-7-3-8-14-26/h2-16,24,28-29H,17-23H2,1H3,(H,32,34)/t24-,28?,29-/m1/s1. The van der Waals surface area contributed by atoms with Crippen LogP contribution in [0.25, 0.3) is 0 Å². The molecule has 36 heavy (non-hydrogen) atoms. The molecular weight excluding hydrogens is 448 g/mol. The minimum atomic E-state index is -0.348. The van der Waals surface area contributed by atoms with Crippen LogP contribution in [0.3, 0.4) is 0 Å². The summed E-state index contributed by atoms with van der Waals surface area (Å²) in [5, 5.41) is 3.25. The number of aryl methyl sites for hydroxylation is 1. The predicted octanol–water partition coefficient (Wildman–Crippen LogP) is 4.97. The van der Waals surface area contributed by atoms with Crippen LogP contribution in [0.5, 0.6) is 0 Å². The van der Waals surface area contributed by atoms with Crippen LogP contribution in [0.2, 0.25) is 0 Å². The van der Waals surface area contributed by atoms with Crippen molar-refractivity contribution in [1.82, 2.24) is 10.2 Å². The molecule has 4 rings (SSSR count). The lowest BCUT2D eigenvalue weighted by molar-refractivity contribution is -0.147. The summed E-state index contributed by atoms with van der Waals surface area (Å²) in [5.74, 6) is -0.139. The molecular formula is C31H36N2O3. The van der Waals surface area contributed by atoms with Gasteiger partial charge in [0.1, 0.15) is 6.61 Å². The fraction of sp³-hybridized carbons (Fsp3) is 0.355. The monoisotopic (exact) mass is 484 g/mol. The maximum Gasteiger partial charge on any atom is 0.315 e. The largest absolute Gasteiger partial charge is 0.460 e. The number of rotatable bonds is 10. The normalized spacial score (nSPS) is 18.8. The SMILES string of the molecule is C[C@@H]1CN(CC(C(=O)OCc2ccccc2)c2ccccc2)CC[C@H]1NC(=O)CCc1ccccc1. The van der Waals surface area contributed by atoms with Crippen LogP contribution in [-0.2, 0) is 27.4 Å². The van der Waals surface area contributed by atoms with Gasteiger partial charge in [-0.15, -0.1) is 0 Å². The second-order valence-electron chi connectivity index (χ2n) is 9.74. The van der Waals surface area contributed by atoms with Gasteiger partial charge in [0.05, 0.1) is 5.92 Å². The number of carbonyl (C=O) groups is 2. The molecule has 1 unspecified atom stereocenters. The fourth-order valence-electron chi connectivity index (χ4n) is 4.88. The Balaban J connectivity index is 1.30. The fourth-order valence-corrected chi connectivity index (χ4v) is 4.88. The van der Waals surface area contributed by atoms with Gasteiger partial charge in [-0.3, -0.25) is 9.59 Å². The van der Waals surface area contributed by atoms with Crippen LogP contribution >= 0.6 is 0 Å². The molecule has 0 spiro atoms. The third-order valence-electron chi connectivity index (χ3n) is 6.97. The van der Waals surface area contributed by atoms with Crippen molar-refractivity contribution in [2.45, 2.75) is 44.8 Å². The molecule has 1 heterocycles. The van der Waals surface area contributed by atoms with Crippen LogP contribution < -0.4 is 5.32 Å². The molecule has 0 bridgehead atoms. The zero-order valence-electron chi connectivity index (χ0n) is 21.0. The topological polar surface area (TPSA) is 58.6 Å². The van der Waals surface area contributed by atoms with Gasteiger partial charge in [-0.05, 0) is 35.4 Å². The molecule has 188 valence electrons. The molecule has 5 heteroatoms. The summed E-state index contributed by atoms with van der Waals surface area (Å²) < 4.78 is 5.73. The highest BCUT2D eigenvalue weighted by Crippen LogP contribution is 2.24. The van der Waals surface area contributed by atoms with E-state index in [0.29, 0.717) is 18.9 Å². The summed E-state index contributed by atoms with van der Waals surface area (Å²) in [7, 11) is 0. The van der Waals surface area contributed by atoms with E-state index in [-0.39, 0.29) is 30.4 Å². The maximum atomic E-state index is 13.2. The number of amides is 1. The van der Waals surface area contributed by atoms with E-state index in [2.05, 4.69) is 29.3 Å². The van der Waals surface area contributed by atoms with Gasteiger partial charge in [0.2, 0.25) is 5.91 Å². The van der Waals surface area contributed by atoms with E-state index in [9.17, 15) is 9.59 Å². The predicted molar refractivity (Wildman–Crippen MR) is 142 cm³/mol. The molecule has 1 fully saturated rings. The van der Waals surface area contributed by atoms with Gasteiger partial charge < -0.3 is 15.0 Å². The van der Waals surface area contributed by atoms with E-state index < -0.39 is 0 Å². The highest BCUT2D eigenvalue weighted by Gasteiger charge is 2.31. The van der Waals surface area contributed by atoms with Crippen molar-refractivity contribution in [3.63, 3.8) is 0 Å². The summed E-state index contributed by atoms with van der Waals surface area (Å²) in [4.78, 5) is 28.1. The van der Waals surface area contributed by atoms with Gasteiger partial charge in [0, 0.05) is 32.1 Å². The number of likely N-dealkylation sites (tertiary alicyclic amines) is 1. The van der Waals surface area contributed by atoms with Crippen LogP contribution in [0.15, 0.2) is 91.0 Å². The molecule has 1 amide bonds. The van der Waals surface area contributed by atoms with Crippen molar-refractivity contribution in [3.8, 4) is 0 Å². The van der Waals surface area contributed by atoms with E-state index in [0.717, 1.165) is 37.1 Å². The molecule has 3 aromatic carbocycles. The van der Waals surface area contributed by atoms with Gasteiger partial charge in [0.15, 0.2) is 0 Å². The minimum absolute atomic E-state index is 0.107. The number of hydrogen-bond acceptors (Lipinski definition) is 4. The lowest BCUT2D eigenvalue weighted by Crippen LogP contribution is -2.51. The highest BCUT2D eigenvalue weighted by molar-refractivity contribution is 5.78. The molecule has 1 saturated heterocycles. The Hall–Kier alpha value is -3.44. The van der Waals surface area contributed by atoms with Crippen molar-refractivity contribution in [2.24, 2.45) is 5.92 Å². The smallest absolute Gasteiger partial charge is 0.315 e. The van der Waals surface area contributed by atoms with E-state index >= 15 is 0 Å². The lowest BCUT2D eigenvalue weighted by atomic mass is 9.91. The van der Waals surface area contributed by atoms with E-state index in [1.54, 1.807) is 0 Å². The Bertz CT molecular complexity index is 1090. The van der Waals surface area contributed by atoms with Gasteiger partial charge in [0.25, 0.3) is 0 Å². The molecule has 1 aliphatic rings. The first-order chi connectivity index (χ1) is 17.6. The molecule has 1 N–H and O–H groups in total. The third kappa shape index (κ3) is 7.53. The Morgan fingerprint density at radius 2 is 1.53 bits per heavy atom. The van der Waals surface area contributed by atoms with E-state index in [4.69, 9.17) is 4.74 Å². The quantitative estimate of drug-likeness (QED) is 0.413. The second kappa shape index (κ2) is 13.0. The maximum absolute atomic E-state index is 13.2. The van der Waals surface area contributed by atoms with Gasteiger partial charge >= 0.3 is 5.97 Å². The first-order valence-electron chi connectivity index (χ1n) is 12.9. The molecule has 0 aliphatic carbocycles. The Morgan fingerprint density at radius 1 is 0.917 bits per heavy atom. The number of nitrogens with zero attached hydrogens (tertiary/aromatic N) is 1. The average Bonchev–Trinajstić information content (AvgIpc) is 2.92. The molecule has 1 aliphatic heterocycles. The summed E-state index contributed by atoms with van der Waals surface area (Å²) in [6.45, 7) is 4.73. The molecule has 0 saturated carbocycles. The Kier molecular flexibility index (Phi) is 9.28. The number of benzene rings is 3. The second-order valence-corrected chi connectivity index (χ2v) is 9.74. The highest BCUT2D eigenvalue weighted by atomic mass is 16.5. The van der Waals surface area contributed by atoms with Crippen molar-refractivity contribution in [1.29, 1.82) is 0 Å². The van der Waals surface area contributed by atoms with Crippen LogP contribution in [0, 0.1) is 5.92 Å². The summed E-state index contributed by atoms with van der Waals surface area (Å²) >= 11 is 0. The molecule has 0 aromatic heterocycles. The number of piperidine rings is 1. The minimum Gasteiger partial charge on any atom is -0.460 e. The van der Waals surface area contributed by atoms with Gasteiger partial charge in [-0.25, -0.2) is 0 Å². The zero-order chi connectivity index (χ0) is 25.2. The first kappa shape index (κ1) is 25.6. The van der Waals surface area contributed by atoms with Crippen molar-refractivity contribution in [3.05, 3.63) is 108 Å². The summed E-state index contributed by atoms with van der Waals surface area (Å²) in [6.07, 6.45) is 2.13. The zero-order valence-corrected chi connectivity index (χ0v) is 21.0. The van der Waals surface area contributed by atoms with Crippen LogP contribution in [0.1, 0.15) is 42.4 Å². The third-order valence-corrected chi connectivity index (χ3v) is 6.97. The molecule has 3 aromatic rings. The molecule has 3 atom stereocenters.